The zero-order valence-corrected chi connectivity index (χ0v) is 14.8. The quantitative estimate of drug-likeness (QED) is 0.605. The number of hydrogen-bond donors (Lipinski definition) is 1. The van der Waals surface area contributed by atoms with Gasteiger partial charge in [0.1, 0.15) is 5.82 Å². The molecule has 3 rings (SSSR count). The van der Waals surface area contributed by atoms with E-state index in [-0.39, 0.29) is 23.5 Å². The third-order valence-electron chi connectivity index (χ3n) is 4.56. The molecule has 10 heteroatoms. The smallest absolute Gasteiger partial charge is 0.280 e. The molecular weight excluding hydrogens is 354 g/mol. The van der Waals surface area contributed by atoms with Crippen LogP contribution >= 0.6 is 0 Å². The Morgan fingerprint density at radius 1 is 1.26 bits per heavy atom. The maximum absolute atomic E-state index is 12.2. The second-order valence-corrected chi connectivity index (χ2v) is 6.48. The number of benzene rings is 1. The summed E-state index contributed by atoms with van der Waals surface area (Å²) in [7, 11) is 0. The average Bonchev–Trinajstić information content (AvgIpc) is 2.61. The van der Waals surface area contributed by atoms with E-state index >= 15 is 0 Å². The number of H-pyrrole nitrogens is 1. The van der Waals surface area contributed by atoms with Crippen molar-refractivity contribution in [2.75, 3.05) is 6.54 Å². The third kappa shape index (κ3) is 4.00. The van der Waals surface area contributed by atoms with Gasteiger partial charge in [0.15, 0.2) is 0 Å². The SMILES string of the molecule is CCCc1nc2c(c(=O)[nH]1)CCN(Cc1ccc([N+](=O)[O-])cc1[N+](=O)[O-])C2. The summed E-state index contributed by atoms with van der Waals surface area (Å²) in [6.45, 7) is 3.22. The maximum Gasteiger partial charge on any atom is 0.280 e. The Balaban J connectivity index is 1.85. The van der Waals surface area contributed by atoms with E-state index in [1.807, 2.05) is 11.8 Å². The standard InChI is InChI=1S/C17H19N5O5/c1-2-3-16-18-14-10-20(7-6-13(14)17(23)19-16)9-11-4-5-12(21(24)25)8-15(11)22(26)27/h4-5,8H,2-3,6-7,9-10H2,1H3,(H,18,19,23). The molecule has 1 aromatic carbocycles. The van der Waals surface area contributed by atoms with E-state index in [2.05, 4.69) is 9.97 Å². The molecule has 2 aromatic rings. The highest BCUT2D eigenvalue weighted by atomic mass is 16.6. The number of aromatic nitrogens is 2. The van der Waals surface area contributed by atoms with E-state index in [0.29, 0.717) is 48.6 Å². The number of hydrogen-bond acceptors (Lipinski definition) is 7. The molecule has 1 aliphatic heterocycles. The Kier molecular flexibility index (Phi) is 5.26. The molecule has 0 radical (unpaired) electrons. The van der Waals surface area contributed by atoms with Gasteiger partial charge in [-0.3, -0.25) is 29.9 Å². The van der Waals surface area contributed by atoms with Crippen molar-refractivity contribution in [3.63, 3.8) is 0 Å². The summed E-state index contributed by atoms with van der Waals surface area (Å²) in [6.07, 6.45) is 2.04. The first kappa shape index (κ1) is 18.6. The van der Waals surface area contributed by atoms with Crippen molar-refractivity contribution >= 4 is 11.4 Å². The van der Waals surface area contributed by atoms with Crippen molar-refractivity contribution < 1.29 is 9.85 Å². The molecule has 0 saturated carbocycles. The van der Waals surface area contributed by atoms with Gasteiger partial charge < -0.3 is 4.98 Å². The molecule has 0 fully saturated rings. The molecule has 10 nitrogen and oxygen atoms in total. The lowest BCUT2D eigenvalue weighted by atomic mass is 10.0. The lowest BCUT2D eigenvalue weighted by Crippen LogP contribution is -2.35. The summed E-state index contributed by atoms with van der Waals surface area (Å²) in [5.74, 6) is 0.643. The normalized spacial score (nSPS) is 14.0. The van der Waals surface area contributed by atoms with Crippen molar-refractivity contribution in [3.8, 4) is 0 Å². The van der Waals surface area contributed by atoms with Crippen LogP contribution in [0.15, 0.2) is 23.0 Å². The maximum atomic E-state index is 12.2. The van der Waals surface area contributed by atoms with Crippen LogP contribution in [0, 0.1) is 20.2 Å². The van der Waals surface area contributed by atoms with Crippen LogP contribution in [0.3, 0.4) is 0 Å². The number of nitro groups is 2. The summed E-state index contributed by atoms with van der Waals surface area (Å²) in [6, 6.07) is 3.66. The highest BCUT2D eigenvalue weighted by Crippen LogP contribution is 2.27. The van der Waals surface area contributed by atoms with Crippen LogP contribution in [0.1, 0.15) is 36.0 Å². The van der Waals surface area contributed by atoms with E-state index < -0.39 is 9.85 Å². The van der Waals surface area contributed by atoms with Gasteiger partial charge in [-0.2, -0.15) is 0 Å². The van der Waals surface area contributed by atoms with Gasteiger partial charge in [0.05, 0.1) is 21.6 Å². The predicted molar refractivity (Wildman–Crippen MR) is 96.4 cm³/mol. The topological polar surface area (TPSA) is 135 Å². The van der Waals surface area contributed by atoms with Gasteiger partial charge in [0, 0.05) is 43.2 Å². The van der Waals surface area contributed by atoms with Crippen LogP contribution in [0.4, 0.5) is 11.4 Å². The lowest BCUT2D eigenvalue weighted by Gasteiger charge is -2.27. The Bertz CT molecular complexity index is 955. The van der Waals surface area contributed by atoms with Gasteiger partial charge >= 0.3 is 0 Å². The zero-order valence-electron chi connectivity index (χ0n) is 14.8. The van der Waals surface area contributed by atoms with Gasteiger partial charge in [0.2, 0.25) is 0 Å². The Labute approximate surface area is 154 Å². The van der Waals surface area contributed by atoms with Crippen LogP contribution in [0.5, 0.6) is 0 Å². The van der Waals surface area contributed by atoms with Gasteiger partial charge in [0.25, 0.3) is 16.9 Å². The fourth-order valence-corrected chi connectivity index (χ4v) is 3.25. The van der Waals surface area contributed by atoms with Crippen LogP contribution < -0.4 is 5.56 Å². The second kappa shape index (κ2) is 7.62. The second-order valence-electron chi connectivity index (χ2n) is 6.48. The summed E-state index contributed by atoms with van der Waals surface area (Å²) in [5, 5.41) is 22.2. The van der Waals surface area contributed by atoms with Crippen molar-refractivity contribution in [1.29, 1.82) is 0 Å². The van der Waals surface area contributed by atoms with Gasteiger partial charge in [-0.15, -0.1) is 0 Å². The van der Waals surface area contributed by atoms with E-state index in [9.17, 15) is 25.0 Å². The number of nitrogens with one attached hydrogen (secondary N) is 1. The minimum atomic E-state index is -0.653. The molecule has 27 heavy (non-hydrogen) atoms. The lowest BCUT2D eigenvalue weighted by molar-refractivity contribution is -0.394. The molecule has 2 heterocycles. The van der Waals surface area contributed by atoms with Crippen molar-refractivity contribution in [2.24, 2.45) is 0 Å². The Morgan fingerprint density at radius 3 is 2.70 bits per heavy atom. The number of aryl methyl sites for hydroxylation is 1. The number of fused-ring (bicyclic) bond motifs is 1. The molecule has 142 valence electrons. The van der Waals surface area contributed by atoms with Crippen LogP contribution in [0.25, 0.3) is 0 Å². The number of non-ortho nitro benzene ring substituents is 1. The third-order valence-corrected chi connectivity index (χ3v) is 4.56. The van der Waals surface area contributed by atoms with Crippen LogP contribution in [-0.4, -0.2) is 31.3 Å². The van der Waals surface area contributed by atoms with Gasteiger partial charge in [-0.05, 0) is 18.9 Å². The molecule has 1 N–H and O–H groups in total. The molecular formula is C17H19N5O5. The molecule has 1 aliphatic rings. The number of nitro benzene ring substituents is 2. The number of aromatic amines is 1. The summed E-state index contributed by atoms with van der Waals surface area (Å²) in [4.78, 5) is 42.4. The molecule has 0 saturated heterocycles. The zero-order chi connectivity index (χ0) is 19.6. The van der Waals surface area contributed by atoms with Crippen molar-refractivity contribution in [2.45, 2.75) is 39.3 Å². The first-order valence-corrected chi connectivity index (χ1v) is 8.64. The molecule has 0 bridgehead atoms. The number of nitrogens with zero attached hydrogens (tertiary/aromatic N) is 4. The van der Waals surface area contributed by atoms with E-state index in [0.717, 1.165) is 12.5 Å². The van der Waals surface area contributed by atoms with E-state index in [4.69, 9.17) is 0 Å². The first-order valence-electron chi connectivity index (χ1n) is 8.64. The molecule has 1 aromatic heterocycles. The first-order chi connectivity index (χ1) is 12.9. The minimum absolute atomic E-state index is 0.121. The molecule has 0 atom stereocenters. The summed E-state index contributed by atoms with van der Waals surface area (Å²) >= 11 is 0. The highest BCUT2D eigenvalue weighted by Gasteiger charge is 2.25. The fourth-order valence-electron chi connectivity index (χ4n) is 3.25. The summed E-state index contributed by atoms with van der Waals surface area (Å²) in [5.41, 5.74) is 1.03. The minimum Gasteiger partial charge on any atom is -0.310 e. The highest BCUT2D eigenvalue weighted by molar-refractivity contribution is 5.49. The van der Waals surface area contributed by atoms with Crippen LogP contribution in [0.2, 0.25) is 0 Å². The summed E-state index contributed by atoms with van der Waals surface area (Å²) < 4.78 is 0. The largest absolute Gasteiger partial charge is 0.310 e. The molecule has 0 aliphatic carbocycles. The molecule has 0 amide bonds. The number of rotatable bonds is 6. The average molecular weight is 373 g/mol. The van der Waals surface area contributed by atoms with E-state index in [1.54, 1.807) is 0 Å². The van der Waals surface area contributed by atoms with E-state index in [1.165, 1.54) is 12.1 Å². The van der Waals surface area contributed by atoms with Crippen LogP contribution in [-0.2, 0) is 25.9 Å². The monoisotopic (exact) mass is 373 g/mol. The van der Waals surface area contributed by atoms with Crippen molar-refractivity contribution in [1.82, 2.24) is 14.9 Å². The predicted octanol–water partition coefficient (Wildman–Crippen LogP) is 2.10. The van der Waals surface area contributed by atoms with Gasteiger partial charge in [-0.1, -0.05) is 6.92 Å². The Hall–Kier alpha value is -3.14. The fraction of sp³-hybridized carbons (Fsp3) is 0.412. The Morgan fingerprint density at radius 2 is 2.04 bits per heavy atom. The molecule has 0 unspecified atom stereocenters. The van der Waals surface area contributed by atoms with Gasteiger partial charge in [-0.25, -0.2) is 4.98 Å². The molecule has 0 spiro atoms. The van der Waals surface area contributed by atoms with Crippen molar-refractivity contribution in [3.05, 3.63) is 71.4 Å².